The fourth-order valence-electron chi connectivity index (χ4n) is 3.93. The molecule has 0 aliphatic rings. The summed E-state index contributed by atoms with van der Waals surface area (Å²) in [4.78, 5) is 45.1. The number of carbonyl (C=O) groups excluding carboxylic acids is 2. The molecule has 43 heavy (non-hydrogen) atoms. The summed E-state index contributed by atoms with van der Waals surface area (Å²) in [7, 11) is -4.73. The van der Waals surface area contributed by atoms with Crippen LogP contribution < -0.4 is 5.32 Å². The molecule has 3 unspecified atom stereocenters. The zero-order valence-electron chi connectivity index (χ0n) is 26.3. The number of amides is 1. The van der Waals surface area contributed by atoms with Gasteiger partial charge in [-0.25, -0.2) is 9.36 Å². The number of phosphoric ester groups is 1. The Kier molecular flexibility index (Phi) is 26.2. The van der Waals surface area contributed by atoms with E-state index in [1.807, 2.05) is 0 Å². The highest BCUT2D eigenvalue weighted by Gasteiger charge is 2.28. The zero-order chi connectivity index (χ0) is 32.2. The molecule has 11 nitrogen and oxygen atoms in total. The Labute approximate surface area is 258 Å². The molecule has 4 N–H and O–H groups in total. The Balaban J connectivity index is 4.06. The van der Waals surface area contributed by atoms with Crippen LogP contribution in [0.1, 0.15) is 123 Å². The van der Waals surface area contributed by atoms with Crippen molar-refractivity contribution in [1.82, 2.24) is 5.32 Å². The molecule has 0 rings (SSSR count). The molecule has 1 amide bonds. The van der Waals surface area contributed by atoms with Crippen molar-refractivity contribution < 1.29 is 47.8 Å². The molecule has 0 spiro atoms. The second-order valence-corrected chi connectivity index (χ2v) is 12.1. The van der Waals surface area contributed by atoms with Gasteiger partial charge in [0.2, 0.25) is 5.91 Å². The van der Waals surface area contributed by atoms with Crippen LogP contribution in [0.2, 0.25) is 0 Å². The number of aliphatic hydroxyl groups is 1. The number of hydrogen-bond donors (Lipinski definition) is 4. The van der Waals surface area contributed by atoms with Crippen LogP contribution in [0.5, 0.6) is 0 Å². The Morgan fingerprint density at radius 2 is 1.28 bits per heavy atom. The topological polar surface area (TPSA) is 169 Å². The second-order valence-electron chi connectivity index (χ2n) is 10.6. The number of aliphatic carboxylic acids is 1. The minimum Gasteiger partial charge on any atom is -0.480 e. The third-order valence-corrected chi connectivity index (χ3v) is 7.44. The zero-order valence-corrected chi connectivity index (χ0v) is 27.1. The first kappa shape index (κ1) is 41.0. The van der Waals surface area contributed by atoms with Gasteiger partial charge in [-0.05, 0) is 44.9 Å². The van der Waals surface area contributed by atoms with Gasteiger partial charge in [-0.2, -0.15) is 0 Å². The van der Waals surface area contributed by atoms with Gasteiger partial charge in [0.25, 0.3) is 0 Å². The second kappa shape index (κ2) is 27.5. The molecule has 0 aliphatic carbocycles. The highest BCUT2D eigenvalue weighted by Crippen LogP contribution is 2.43. The van der Waals surface area contributed by atoms with Crippen molar-refractivity contribution in [2.45, 2.75) is 135 Å². The molecule has 0 aromatic rings. The summed E-state index contributed by atoms with van der Waals surface area (Å²) in [5.41, 5.74) is 0. The van der Waals surface area contributed by atoms with Crippen molar-refractivity contribution in [3.63, 3.8) is 0 Å². The van der Waals surface area contributed by atoms with E-state index in [0.29, 0.717) is 12.8 Å². The van der Waals surface area contributed by atoms with Crippen LogP contribution in [0.4, 0.5) is 0 Å². The Morgan fingerprint density at radius 3 is 1.93 bits per heavy atom. The lowest BCUT2D eigenvalue weighted by molar-refractivity contribution is -0.147. The summed E-state index contributed by atoms with van der Waals surface area (Å²) in [6, 6.07) is -1.55. The highest BCUT2D eigenvalue weighted by atomic mass is 31.2. The summed E-state index contributed by atoms with van der Waals surface area (Å²) in [6.07, 6.45) is 22.9. The first-order chi connectivity index (χ1) is 20.6. The lowest BCUT2D eigenvalue weighted by atomic mass is 10.1. The molecule has 0 heterocycles. The first-order valence-corrected chi connectivity index (χ1v) is 17.4. The summed E-state index contributed by atoms with van der Waals surface area (Å²) in [6.45, 7) is 2.35. The molecular formula is C31H56NO10P. The van der Waals surface area contributed by atoms with Gasteiger partial charge in [-0.15, -0.1) is 0 Å². The molecule has 0 aromatic carbocycles. The smallest absolute Gasteiger partial charge is 0.472 e. The van der Waals surface area contributed by atoms with E-state index in [0.717, 1.165) is 64.2 Å². The third kappa shape index (κ3) is 27.3. The maximum atomic E-state index is 12.2. The lowest BCUT2D eigenvalue weighted by Gasteiger charge is -2.18. The van der Waals surface area contributed by atoms with E-state index in [1.54, 1.807) is 0 Å². The van der Waals surface area contributed by atoms with Crippen LogP contribution in [-0.2, 0) is 32.7 Å². The van der Waals surface area contributed by atoms with E-state index in [9.17, 15) is 34.1 Å². The summed E-state index contributed by atoms with van der Waals surface area (Å²) < 4.78 is 26.4. The number of phosphoric acid groups is 1. The average molecular weight is 634 g/mol. The Morgan fingerprint density at radius 1 is 0.744 bits per heavy atom. The maximum absolute atomic E-state index is 12.2. The van der Waals surface area contributed by atoms with Gasteiger partial charge < -0.3 is 25.2 Å². The SMILES string of the molecule is CCCCC/C=C\C/C=C\CCCCCCCC(=O)NC(COP(=O)(O)OCC(O)COC(=O)CCCCCC)C(=O)O. The van der Waals surface area contributed by atoms with Crippen LogP contribution >= 0.6 is 7.82 Å². The molecule has 0 saturated carbocycles. The van der Waals surface area contributed by atoms with Crippen molar-refractivity contribution in [3.05, 3.63) is 24.3 Å². The minimum absolute atomic E-state index is 0.130. The van der Waals surface area contributed by atoms with Gasteiger partial charge in [-0.3, -0.25) is 18.6 Å². The van der Waals surface area contributed by atoms with E-state index in [4.69, 9.17) is 9.26 Å². The third-order valence-electron chi connectivity index (χ3n) is 6.49. The number of ether oxygens (including phenoxy) is 1. The fourth-order valence-corrected chi connectivity index (χ4v) is 4.70. The number of nitrogens with one attached hydrogen (secondary N) is 1. The molecule has 250 valence electrons. The normalized spacial score (nSPS) is 14.5. The van der Waals surface area contributed by atoms with E-state index in [2.05, 4.69) is 48.0 Å². The molecular weight excluding hydrogens is 577 g/mol. The number of carboxylic acids is 1. The predicted octanol–water partition coefficient (Wildman–Crippen LogP) is 6.38. The van der Waals surface area contributed by atoms with Gasteiger partial charge in [-0.1, -0.05) is 89.5 Å². The van der Waals surface area contributed by atoms with E-state index in [-0.39, 0.29) is 12.8 Å². The van der Waals surface area contributed by atoms with Crippen LogP contribution in [0.3, 0.4) is 0 Å². The van der Waals surface area contributed by atoms with E-state index < -0.39 is 57.6 Å². The molecule has 3 atom stereocenters. The van der Waals surface area contributed by atoms with Crippen molar-refractivity contribution >= 4 is 25.7 Å². The monoisotopic (exact) mass is 633 g/mol. The number of carbonyl (C=O) groups is 3. The van der Waals surface area contributed by atoms with Crippen molar-refractivity contribution in [3.8, 4) is 0 Å². The lowest BCUT2D eigenvalue weighted by Crippen LogP contribution is -2.43. The van der Waals surface area contributed by atoms with Crippen molar-refractivity contribution in [2.75, 3.05) is 19.8 Å². The Hall–Kier alpha value is -2.04. The summed E-state index contributed by atoms with van der Waals surface area (Å²) >= 11 is 0. The predicted molar refractivity (Wildman–Crippen MR) is 166 cm³/mol. The van der Waals surface area contributed by atoms with Crippen molar-refractivity contribution in [2.24, 2.45) is 0 Å². The molecule has 0 radical (unpaired) electrons. The number of carboxylic acid groups (broad SMARTS) is 1. The van der Waals surface area contributed by atoms with Gasteiger partial charge >= 0.3 is 19.8 Å². The number of rotatable bonds is 29. The molecule has 0 fully saturated rings. The summed E-state index contributed by atoms with van der Waals surface area (Å²) in [5.74, 6) is -2.42. The maximum Gasteiger partial charge on any atom is 0.472 e. The van der Waals surface area contributed by atoms with Crippen LogP contribution in [0.15, 0.2) is 24.3 Å². The molecule has 0 aromatic heterocycles. The molecule has 0 bridgehead atoms. The summed E-state index contributed by atoms with van der Waals surface area (Å²) in [5, 5.41) is 21.5. The van der Waals surface area contributed by atoms with Crippen molar-refractivity contribution in [1.29, 1.82) is 0 Å². The number of esters is 1. The van der Waals surface area contributed by atoms with Gasteiger partial charge in [0, 0.05) is 12.8 Å². The van der Waals surface area contributed by atoms with E-state index >= 15 is 0 Å². The Bertz CT molecular complexity index is 848. The van der Waals surface area contributed by atoms with Gasteiger partial charge in [0.1, 0.15) is 12.7 Å². The van der Waals surface area contributed by atoms with Gasteiger partial charge in [0.15, 0.2) is 6.04 Å². The molecule has 0 aliphatic heterocycles. The number of hydrogen-bond acceptors (Lipinski definition) is 8. The minimum atomic E-state index is -4.73. The van der Waals surface area contributed by atoms with E-state index in [1.165, 1.54) is 19.3 Å². The number of unbranched alkanes of at least 4 members (excludes halogenated alkanes) is 11. The standard InChI is InChI=1S/C31H56NO10P/c1-3-5-7-9-10-11-12-13-14-15-16-17-18-19-20-22-29(34)32-28(31(36)37)26-42-43(38,39)41-25-27(33)24-40-30(35)23-21-8-6-4-2/h10-11,13-14,27-28,33H,3-9,12,15-26H2,1-2H3,(H,32,34)(H,36,37)(H,38,39)/b11-10-,14-13-. The number of aliphatic hydroxyl groups excluding tert-OH is 1. The van der Waals surface area contributed by atoms with Crippen LogP contribution in [-0.4, -0.2) is 64.9 Å². The quantitative estimate of drug-likeness (QED) is 0.0314. The fraction of sp³-hybridized carbons (Fsp3) is 0.774. The van der Waals surface area contributed by atoms with Crippen LogP contribution in [0, 0.1) is 0 Å². The number of allylic oxidation sites excluding steroid dienone is 4. The molecule has 12 heteroatoms. The van der Waals surface area contributed by atoms with Crippen LogP contribution in [0.25, 0.3) is 0 Å². The largest absolute Gasteiger partial charge is 0.480 e. The van der Waals surface area contributed by atoms with Gasteiger partial charge in [0.05, 0.1) is 13.2 Å². The first-order valence-electron chi connectivity index (χ1n) is 15.9. The average Bonchev–Trinajstić information content (AvgIpc) is 2.97. The molecule has 0 saturated heterocycles. The highest BCUT2D eigenvalue weighted by molar-refractivity contribution is 7.47.